The molecular weight excluding hydrogens is 313 g/mol. The molecule has 1 unspecified atom stereocenters. The van der Waals surface area contributed by atoms with Gasteiger partial charge in [0, 0.05) is 24.0 Å². The number of thiazole rings is 1. The number of hydrogen-bond donors (Lipinski definition) is 0. The molecule has 0 aliphatic carbocycles. The first-order valence-corrected chi connectivity index (χ1v) is 8.09. The highest BCUT2D eigenvalue weighted by Crippen LogP contribution is 2.28. The highest BCUT2D eigenvalue weighted by molar-refractivity contribution is 7.09. The summed E-state index contributed by atoms with van der Waals surface area (Å²) in [4.78, 5) is 8.92. The van der Waals surface area contributed by atoms with E-state index in [1.165, 1.54) is 0 Å². The number of aromatic nitrogens is 3. The van der Waals surface area contributed by atoms with Crippen molar-refractivity contribution in [1.82, 2.24) is 14.5 Å². The van der Waals surface area contributed by atoms with Gasteiger partial charge in [0.15, 0.2) is 0 Å². The van der Waals surface area contributed by atoms with E-state index in [1.807, 2.05) is 29.8 Å². The van der Waals surface area contributed by atoms with Crippen molar-refractivity contribution in [3.8, 4) is 0 Å². The average molecular weight is 326 g/mol. The molecule has 0 saturated heterocycles. The lowest BCUT2D eigenvalue weighted by Gasteiger charge is -2.12. The summed E-state index contributed by atoms with van der Waals surface area (Å²) >= 11 is 13.9. The Hall–Kier alpha value is -1.10. The minimum atomic E-state index is 0.313. The van der Waals surface area contributed by atoms with Crippen LogP contribution in [0.15, 0.2) is 29.8 Å². The number of imidazole rings is 1. The Labute approximate surface area is 131 Å². The largest absolute Gasteiger partial charge is 0.326 e. The van der Waals surface area contributed by atoms with E-state index in [4.69, 9.17) is 23.2 Å². The Morgan fingerprint density at radius 1 is 1.40 bits per heavy atom. The predicted octanol–water partition coefficient (Wildman–Crippen LogP) is 4.69. The van der Waals surface area contributed by atoms with Gasteiger partial charge in [-0.05, 0) is 12.1 Å². The summed E-state index contributed by atoms with van der Waals surface area (Å²) in [6.45, 7) is 2.96. The fourth-order valence-corrected chi connectivity index (χ4v) is 3.40. The summed E-state index contributed by atoms with van der Waals surface area (Å²) in [6.07, 6.45) is 1.84. The summed E-state index contributed by atoms with van der Waals surface area (Å²) in [5, 5.41) is 3.78. The van der Waals surface area contributed by atoms with E-state index >= 15 is 0 Å². The number of alkyl halides is 1. The standard InChI is InChI=1S/C14H13Cl2N3S/c1-9(14-17-5-6-20-14)8-19-11-4-2-3-10(16)13(11)18-12(19)7-15/h2-6,9H,7-8H2,1H3. The van der Waals surface area contributed by atoms with Crippen LogP contribution in [0.25, 0.3) is 11.0 Å². The van der Waals surface area contributed by atoms with Crippen molar-refractivity contribution in [1.29, 1.82) is 0 Å². The van der Waals surface area contributed by atoms with Gasteiger partial charge in [-0.1, -0.05) is 24.6 Å². The highest BCUT2D eigenvalue weighted by Gasteiger charge is 2.16. The van der Waals surface area contributed by atoms with Crippen LogP contribution in [0.3, 0.4) is 0 Å². The summed E-state index contributed by atoms with van der Waals surface area (Å²) in [5.41, 5.74) is 1.84. The average Bonchev–Trinajstić information content (AvgIpc) is 3.07. The molecule has 6 heteroatoms. The zero-order valence-corrected chi connectivity index (χ0v) is 13.2. The lowest BCUT2D eigenvalue weighted by Crippen LogP contribution is -2.08. The van der Waals surface area contributed by atoms with E-state index in [9.17, 15) is 0 Å². The minimum absolute atomic E-state index is 0.313. The molecule has 3 rings (SSSR count). The normalized spacial score (nSPS) is 12.9. The molecule has 0 bridgehead atoms. The van der Waals surface area contributed by atoms with Crippen LogP contribution in [0.5, 0.6) is 0 Å². The third-order valence-corrected chi connectivity index (χ3v) is 4.81. The zero-order valence-electron chi connectivity index (χ0n) is 10.9. The van der Waals surface area contributed by atoms with Gasteiger partial charge >= 0.3 is 0 Å². The smallest absolute Gasteiger partial charge is 0.124 e. The van der Waals surface area contributed by atoms with E-state index in [1.54, 1.807) is 11.3 Å². The molecule has 20 heavy (non-hydrogen) atoms. The Balaban J connectivity index is 2.04. The van der Waals surface area contributed by atoms with Crippen molar-refractivity contribution in [2.75, 3.05) is 0 Å². The second-order valence-corrected chi connectivity index (χ2v) is 6.25. The fourth-order valence-electron chi connectivity index (χ4n) is 2.30. The number of fused-ring (bicyclic) bond motifs is 1. The van der Waals surface area contributed by atoms with Crippen LogP contribution >= 0.6 is 34.5 Å². The van der Waals surface area contributed by atoms with Gasteiger partial charge in [-0.25, -0.2) is 9.97 Å². The summed E-state index contributed by atoms with van der Waals surface area (Å²) < 4.78 is 2.14. The number of rotatable bonds is 4. The third kappa shape index (κ3) is 2.43. The third-order valence-electron chi connectivity index (χ3n) is 3.26. The van der Waals surface area contributed by atoms with Gasteiger partial charge in [0.1, 0.15) is 11.3 Å². The van der Waals surface area contributed by atoms with Gasteiger partial charge in [0.2, 0.25) is 0 Å². The number of halogens is 2. The Morgan fingerprint density at radius 2 is 2.25 bits per heavy atom. The van der Waals surface area contributed by atoms with Crippen molar-refractivity contribution in [2.24, 2.45) is 0 Å². The van der Waals surface area contributed by atoms with Crippen LogP contribution in [0, 0.1) is 0 Å². The molecule has 3 aromatic rings. The van der Waals surface area contributed by atoms with Crippen molar-refractivity contribution in [3.63, 3.8) is 0 Å². The molecule has 0 N–H and O–H groups in total. The SMILES string of the molecule is CC(Cn1c(CCl)nc2c(Cl)cccc21)c1nccs1. The van der Waals surface area contributed by atoms with Crippen molar-refractivity contribution < 1.29 is 0 Å². The van der Waals surface area contributed by atoms with Crippen molar-refractivity contribution >= 4 is 45.6 Å². The lowest BCUT2D eigenvalue weighted by atomic mass is 10.2. The monoisotopic (exact) mass is 325 g/mol. The molecule has 0 aliphatic heterocycles. The lowest BCUT2D eigenvalue weighted by molar-refractivity contribution is 0.592. The van der Waals surface area contributed by atoms with Crippen LogP contribution in [0.2, 0.25) is 5.02 Å². The zero-order chi connectivity index (χ0) is 14.1. The van der Waals surface area contributed by atoms with Gasteiger partial charge in [-0.15, -0.1) is 22.9 Å². The molecule has 0 saturated carbocycles. The van der Waals surface area contributed by atoms with E-state index in [2.05, 4.69) is 21.5 Å². The Morgan fingerprint density at radius 3 is 2.95 bits per heavy atom. The number of para-hydroxylation sites is 1. The summed E-state index contributed by atoms with van der Waals surface area (Å²) in [5.74, 6) is 1.53. The maximum Gasteiger partial charge on any atom is 0.124 e. The molecule has 104 valence electrons. The molecule has 1 aromatic carbocycles. The highest BCUT2D eigenvalue weighted by atomic mass is 35.5. The molecule has 0 spiro atoms. The molecule has 3 nitrogen and oxygen atoms in total. The number of hydrogen-bond acceptors (Lipinski definition) is 3. The number of nitrogens with zero attached hydrogens (tertiary/aromatic N) is 3. The molecule has 2 aromatic heterocycles. The predicted molar refractivity (Wildman–Crippen MR) is 84.8 cm³/mol. The molecule has 0 fully saturated rings. The van der Waals surface area contributed by atoms with Gasteiger partial charge in [-0.3, -0.25) is 0 Å². The Kier molecular flexibility index (Phi) is 3.96. The molecule has 0 aliphatic rings. The minimum Gasteiger partial charge on any atom is -0.326 e. The van der Waals surface area contributed by atoms with Crippen LogP contribution in [0.1, 0.15) is 23.7 Å². The van der Waals surface area contributed by atoms with Gasteiger partial charge in [0.05, 0.1) is 21.4 Å². The maximum atomic E-state index is 6.21. The second kappa shape index (κ2) is 5.72. The Bertz CT molecular complexity index is 721. The molecule has 0 amide bonds. The van der Waals surface area contributed by atoms with E-state index in [-0.39, 0.29) is 0 Å². The van der Waals surface area contributed by atoms with Crippen LogP contribution in [-0.4, -0.2) is 14.5 Å². The van der Waals surface area contributed by atoms with Crippen LogP contribution < -0.4 is 0 Å². The first kappa shape index (κ1) is 13.9. The molecule has 2 heterocycles. The topological polar surface area (TPSA) is 30.7 Å². The summed E-state index contributed by atoms with van der Waals surface area (Å²) in [7, 11) is 0. The van der Waals surface area contributed by atoms with Crippen molar-refractivity contribution in [3.05, 3.63) is 45.6 Å². The first-order chi connectivity index (χ1) is 9.70. The van der Waals surface area contributed by atoms with Gasteiger partial charge in [-0.2, -0.15) is 0 Å². The fraction of sp³-hybridized carbons (Fsp3) is 0.286. The van der Waals surface area contributed by atoms with Gasteiger partial charge in [0.25, 0.3) is 0 Å². The van der Waals surface area contributed by atoms with Crippen LogP contribution in [-0.2, 0) is 12.4 Å². The maximum absolute atomic E-state index is 6.21. The van der Waals surface area contributed by atoms with Crippen molar-refractivity contribution in [2.45, 2.75) is 25.3 Å². The summed E-state index contributed by atoms with van der Waals surface area (Å²) in [6, 6.07) is 5.82. The number of benzene rings is 1. The van der Waals surface area contributed by atoms with Gasteiger partial charge < -0.3 is 4.57 Å². The second-order valence-electron chi connectivity index (χ2n) is 4.65. The van der Waals surface area contributed by atoms with E-state index in [0.717, 1.165) is 28.4 Å². The molecule has 1 atom stereocenters. The van der Waals surface area contributed by atoms with Crippen LogP contribution in [0.4, 0.5) is 0 Å². The molecule has 0 radical (unpaired) electrons. The first-order valence-electron chi connectivity index (χ1n) is 6.29. The van der Waals surface area contributed by atoms with E-state index < -0.39 is 0 Å². The quantitative estimate of drug-likeness (QED) is 0.651. The molecular formula is C14H13Cl2N3S. The van der Waals surface area contributed by atoms with E-state index in [0.29, 0.717) is 16.8 Å².